The minimum Gasteiger partial charge on any atom is -0.493 e. The van der Waals surface area contributed by atoms with E-state index in [0.717, 1.165) is 22.5 Å². The molecule has 3 heterocycles. The second-order valence-electron chi connectivity index (χ2n) is 9.45. The minimum absolute atomic E-state index is 0.307. The number of para-hydroxylation sites is 1. The molecule has 1 aliphatic heterocycles. The average molecular weight is 557 g/mol. The number of hydrogen-bond donors (Lipinski definition) is 2. The summed E-state index contributed by atoms with van der Waals surface area (Å²) >= 11 is 7.68. The Labute approximate surface area is 229 Å². The molecule has 9 nitrogen and oxygen atoms in total. The number of aromatic nitrogens is 4. The summed E-state index contributed by atoms with van der Waals surface area (Å²) in [5.41, 5.74) is 3.70. The number of aryl methyl sites for hydroxylation is 1. The van der Waals surface area contributed by atoms with Crippen LogP contribution in [0.25, 0.3) is 5.69 Å². The van der Waals surface area contributed by atoms with Crippen LogP contribution in [0.15, 0.2) is 59.9 Å². The SMILES string of the molecule is COc1cccc([C@H]2OC(CCn3[nH]nc3SC(C)(C)C(=O)O)c3cccn3-c3ccc(Cl)cc32)c1OC. The van der Waals surface area contributed by atoms with E-state index in [-0.39, 0.29) is 6.10 Å². The number of thioether (sulfide) groups is 1. The van der Waals surface area contributed by atoms with Crippen LogP contribution in [-0.4, -0.2) is 49.6 Å². The summed E-state index contributed by atoms with van der Waals surface area (Å²) in [4.78, 5) is 11.6. The van der Waals surface area contributed by atoms with Crippen molar-refractivity contribution in [3.8, 4) is 17.2 Å². The number of halogens is 1. The van der Waals surface area contributed by atoms with Crippen molar-refractivity contribution in [1.29, 1.82) is 0 Å². The largest absolute Gasteiger partial charge is 0.493 e. The molecule has 2 atom stereocenters. The number of aromatic amines is 1. The van der Waals surface area contributed by atoms with Gasteiger partial charge in [0, 0.05) is 28.9 Å². The van der Waals surface area contributed by atoms with Gasteiger partial charge in [0.05, 0.1) is 25.6 Å². The van der Waals surface area contributed by atoms with Gasteiger partial charge in [-0.2, -0.15) is 0 Å². The lowest BCUT2D eigenvalue weighted by Crippen LogP contribution is -2.30. The number of carboxylic acid groups (broad SMARTS) is 1. The zero-order valence-electron chi connectivity index (χ0n) is 21.5. The second kappa shape index (κ2) is 10.4. The Morgan fingerprint density at radius 2 is 2.00 bits per heavy atom. The number of nitrogens with zero attached hydrogens (tertiary/aromatic N) is 3. The zero-order chi connectivity index (χ0) is 27.0. The third-order valence-corrected chi connectivity index (χ3v) is 8.05. The van der Waals surface area contributed by atoms with Crippen LogP contribution >= 0.6 is 23.4 Å². The molecule has 0 saturated heterocycles. The van der Waals surface area contributed by atoms with Gasteiger partial charge in [-0.25, -0.2) is 9.90 Å². The maximum atomic E-state index is 11.6. The van der Waals surface area contributed by atoms with Crippen molar-refractivity contribution in [2.45, 2.75) is 48.9 Å². The Morgan fingerprint density at radius 1 is 1.18 bits per heavy atom. The molecule has 0 radical (unpaired) electrons. The number of ether oxygens (including phenoxy) is 3. The monoisotopic (exact) mass is 556 g/mol. The molecule has 2 aromatic heterocycles. The summed E-state index contributed by atoms with van der Waals surface area (Å²) in [5, 5.41) is 17.8. The Morgan fingerprint density at radius 3 is 2.68 bits per heavy atom. The van der Waals surface area contributed by atoms with Gasteiger partial charge in [-0.15, -0.1) is 5.10 Å². The van der Waals surface area contributed by atoms with Crippen LogP contribution in [0.3, 0.4) is 0 Å². The highest BCUT2D eigenvalue weighted by molar-refractivity contribution is 8.01. The van der Waals surface area contributed by atoms with Crippen LogP contribution in [0, 0.1) is 0 Å². The second-order valence-corrected chi connectivity index (χ2v) is 11.5. The topological polar surface area (TPSA) is 104 Å². The fourth-order valence-corrected chi connectivity index (χ4v) is 5.67. The molecule has 0 amide bonds. The van der Waals surface area contributed by atoms with Crippen molar-refractivity contribution < 1.29 is 24.1 Å². The first-order valence-corrected chi connectivity index (χ1v) is 13.3. The predicted molar refractivity (Wildman–Crippen MR) is 145 cm³/mol. The van der Waals surface area contributed by atoms with Crippen LogP contribution in [0.1, 0.15) is 49.3 Å². The Bertz CT molecular complexity index is 1460. The van der Waals surface area contributed by atoms with Gasteiger partial charge in [0.1, 0.15) is 17.0 Å². The van der Waals surface area contributed by atoms with E-state index in [4.69, 9.17) is 25.8 Å². The van der Waals surface area contributed by atoms with Crippen molar-refractivity contribution >= 4 is 29.3 Å². The van der Waals surface area contributed by atoms with Crippen LogP contribution in [0.2, 0.25) is 5.02 Å². The van der Waals surface area contributed by atoms with Gasteiger partial charge in [-0.1, -0.05) is 35.5 Å². The lowest BCUT2D eigenvalue weighted by atomic mass is 9.98. The third kappa shape index (κ3) is 4.79. The first-order valence-electron chi connectivity index (χ1n) is 12.1. The number of methoxy groups -OCH3 is 2. The van der Waals surface area contributed by atoms with Gasteiger partial charge in [-0.3, -0.25) is 4.79 Å². The van der Waals surface area contributed by atoms with Crippen LogP contribution in [0.5, 0.6) is 11.5 Å². The lowest BCUT2D eigenvalue weighted by molar-refractivity contribution is -0.138. The highest BCUT2D eigenvalue weighted by Crippen LogP contribution is 2.46. The van der Waals surface area contributed by atoms with E-state index in [9.17, 15) is 9.90 Å². The molecule has 38 heavy (non-hydrogen) atoms. The summed E-state index contributed by atoms with van der Waals surface area (Å²) in [7, 11) is 3.22. The van der Waals surface area contributed by atoms with E-state index in [2.05, 4.69) is 20.9 Å². The summed E-state index contributed by atoms with van der Waals surface area (Å²) in [5.74, 6) is 0.317. The lowest BCUT2D eigenvalue weighted by Gasteiger charge is -2.26. The molecule has 0 bridgehead atoms. The highest BCUT2D eigenvalue weighted by Gasteiger charge is 2.34. The summed E-state index contributed by atoms with van der Waals surface area (Å²) in [6, 6.07) is 15.6. The molecule has 11 heteroatoms. The molecule has 1 unspecified atom stereocenters. The maximum absolute atomic E-state index is 11.6. The van der Waals surface area contributed by atoms with Gasteiger partial charge in [0.25, 0.3) is 0 Å². The van der Waals surface area contributed by atoms with E-state index in [1.54, 1.807) is 28.1 Å². The van der Waals surface area contributed by atoms with E-state index in [0.29, 0.717) is 34.6 Å². The molecule has 2 aromatic carbocycles. The normalized spacial score (nSPS) is 17.0. The fraction of sp³-hybridized carbons (Fsp3) is 0.333. The molecule has 5 rings (SSSR count). The zero-order valence-corrected chi connectivity index (χ0v) is 23.0. The minimum atomic E-state index is -0.998. The molecular formula is C27H29ClN4O5S. The number of hydrogen-bond acceptors (Lipinski definition) is 6. The summed E-state index contributed by atoms with van der Waals surface area (Å²) in [6.07, 6.45) is 1.83. The number of H-pyrrole nitrogens is 1. The standard InChI is InChI=1S/C27H29ClN4O5S/c1-27(2,25(33)34)38-26-29-30-32(26)14-12-21-20-8-6-13-31(20)19-11-10-16(28)15-18(19)23(37-21)17-7-5-9-22(35-3)24(17)36-4/h5-11,13,15,21,23,30H,12,14H2,1-4H3,(H,33,34)/t21?,23-/m1/s1. The van der Waals surface area contributed by atoms with Crippen molar-refractivity contribution in [3.05, 3.63) is 76.6 Å². The van der Waals surface area contributed by atoms with Gasteiger partial charge in [-0.05, 0) is 56.7 Å². The smallest absolute Gasteiger partial charge is 0.319 e. The highest BCUT2D eigenvalue weighted by atomic mass is 35.5. The number of aliphatic carboxylic acids is 1. The third-order valence-electron chi connectivity index (χ3n) is 6.63. The van der Waals surface area contributed by atoms with Crippen LogP contribution in [0.4, 0.5) is 0 Å². The molecule has 0 spiro atoms. The number of benzene rings is 2. The van der Waals surface area contributed by atoms with Crippen molar-refractivity contribution in [2.24, 2.45) is 0 Å². The average Bonchev–Trinajstić information content (AvgIpc) is 3.33. The van der Waals surface area contributed by atoms with Crippen LogP contribution < -0.4 is 9.47 Å². The molecule has 4 aromatic rings. The number of fused-ring (bicyclic) bond motifs is 3. The number of rotatable bonds is 9. The quantitative estimate of drug-likeness (QED) is 0.248. The fourth-order valence-electron chi connectivity index (χ4n) is 4.62. The van der Waals surface area contributed by atoms with E-state index >= 15 is 0 Å². The Balaban J connectivity index is 1.52. The summed E-state index contributed by atoms with van der Waals surface area (Å²) in [6.45, 7) is 3.88. The van der Waals surface area contributed by atoms with E-state index in [1.807, 2.05) is 53.3 Å². The number of carbonyl (C=O) groups is 1. The van der Waals surface area contributed by atoms with Crippen LogP contribution in [-0.2, 0) is 16.1 Å². The molecule has 0 fully saturated rings. The number of carboxylic acids is 1. The molecule has 200 valence electrons. The first-order chi connectivity index (χ1) is 18.2. The van der Waals surface area contributed by atoms with Crippen molar-refractivity contribution in [3.63, 3.8) is 0 Å². The number of nitrogens with one attached hydrogen (secondary N) is 1. The van der Waals surface area contributed by atoms with Gasteiger partial charge >= 0.3 is 5.97 Å². The van der Waals surface area contributed by atoms with Crippen molar-refractivity contribution in [1.82, 2.24) is 19.6 Å². The van der Waals surface area contributed by atoms with Gasteiger partial charge in [0.2, 0.25) is 5.16 Å². The molecule has 2 N–H and O–H groups in total. The van der Waals surface area contributed by atoms with E-state index < -0.39 is 16.8 Å². The van der Waals surface area contributed by atoms with Gasteiger partial charge in [0.15, 0.2) is 11.5 Å². The molecule has 1 aliphatic rings. The van der Waals surface area contributed by atoms with Gasteiger partial charge < -0.3 is 23.9 Å². The Hall–Kier alpha value is -3.34. The summed E-state index contributed by atoms with van der Waals surface area (Å²) < 4.78 is 21.2. The maximum Gasteiger partial charge on any atom is 0.319 e. The van der Waals surface area contributed by atoms with E-state index in [1.165, 1.54) is 11.8 Å². The Kier molecular flexibility index (Phi) is 7.21. The first kappa shape index (κ1) is 26.3. The van der Waals surface area contributed by atoms with Crippen molar-refractivity contribution in [2.75, 3.05) is 14.2 Å². The molecular weight excluding hydrogens is 528 g/mol. The predicted octanol–water partition coefficient (Wildman–Crippen LogP) is 5.88. The molecule has 0 saturated carbocycles. The molecule has 0 aliphatic carbocycles.